The van der Waals surface area contributed by atoms with E-state index in [-0.39, 0.29) is 6.09 Å². The van der Waals surface area contributed by atoms with Crippen LogP contribution in [0.1, 0.15) is 45.4 Å². The average molecular weight is 251 g/mol. The number of hydrogen-bond donors (Lipinski definition) is 1. The van der Waals surface area contributed by atoms with Gasteiger partial charge in [0.2, 0.25) is 0 Å². The second kappa shape index (κ2) is 5.00. The molecule has 1 aromatic heterocycles. The molecule has 1 aliphatic rings. The molecule has 0 spiro atoms. The molecule has 18 heavy (non-hydrogen) atoms. The Morgan fingerprint density at radius 1 is 1.56 bits per heavy atom. The van der Waals surface area contributed by atoms with Crippen molar-refractivity contribution in [3.63, 3.8) is 0 Å². The van der Waals surface area contributed by atoms with Crippen molar-refractivity contribution in [3.8, 4) is 0 Å². The topological polar surface area (TPSA) is 58.2 Å². The van der Waals surface area contributed by atoms with Crippen molar-refractivity contribution in [1.82, 2.24) is 14.9 Å². The van der Waals surface area contributed by atoms with Gasteiger partial charge in [0.25, 0.3) is 0 Å². The average Bonchev–Trinajstić information content (AvgIpc) is 2.80. The first-order valence-electron chi connectivity index (χ1n) is 6.43. The Hall–Kier alpha value is -1.52. The Labute approximate surface area is 108 Å². The van der Waals surface area contributed by atoms with Gasteiger partial charge in [0, 0.05) is 31.4 Å². The molecule has 0 aliphatic carbocycles. The van der Waals surface area contributed by atoms with Crippen molar-refractivity contribution < 1.29 is 9.53 Å². The van der Waals surface area contributed by atoms with E-state index < -0.39 is 5.60 Å². The summed E-state index contributed by atoms with van der Waals surface area (Å²) in [5.74, 6) is 1.25. The Morgan fingerprint density at radius 2 is 2.33 bits per heavy atom. The number of nitrogens with one attached hydrogen (secondary N) is 1. The smallest absolute Gasteiger partial charge is 0.410 e. The number of piperidine rings is 1. The van der Waals surface area contributed by atoms with Crippen LogP contribution >= 0.6 is 0 Å². The number of aromatic amines is 1. The number of aromatic nitrogens is 2. The normalized spacial score (nSPS) is 20.8. The molecule has 1 saturated heterocycles. The standard InChI is InChI=1S/C13H21N3O2/c1-13(2,3)18-12(17)16-8-4-5-10(9-16)11-14-6-7-15-11/h6-7,10H,4-5,8-9H2,1-3H3,(H,14,15)/t10-/m0/s1. The lowest BCUT2D eigenvalue weighted by molar-refractivity contribution is 0.0196. The van der Waals surface area contributed by atoms with Crippen molar-refractivity contribution in [1.29, 1.82) is 0 Å². The Morgan fingerprint density at radius 3 is 2.94 bits per heavy atom. The molecule has 2 heterocycles. The van der Waals surface area contributed by atoms with Crippen LogP contribution in [0.3, 0.4) is 0 Å². The van der Waals surface area contributed by atoms with Crippen LogP contribution in [0.2, 0.25) is 0 Å². The first kappa shape index (κ1) is 12.9. The SMILES string of the molecule is CC(C)(C)OC(=O)N1CCC[C@H](c2ncc[nH]2)C1. The molecule has 1 aromatic rings. The molecule has 0 aromatic carbocycles. The number of likely N-dealkylation sites (tertiary alicyclic amines) is 1. The number of carbonyl (C=O) groups excluding carboxylic acids is 1. The minimum atomic E-state index is -0.436. The van der Waals surface area contributed by atoms with E-state index in [2.05, 4.69) is 9.97 Å². The highest BCUT2D eigenvalue weighted by Crippen LogP contribution is 2.25. The Kier molecular flexibility index (Phi) is 3.59. The molecule has 1 fully saturated rings. The minimum Gasteiger partial charge on any atom is -0.444 e. The van der Waals surface area contributed by atoms with E-state index in [1.165, 1.54) is 0 Å². The lowest BCUT2D eigenvalue weighted by Crippen LogP contribution is -2.42. The molecule has 5 heteroatoms. The molecule has 1 aliphatic heterocycles. The molecular weight excluding hydrogens is 230 g/mol. The molecule has 0 bridgehead atoms. The minimum absolute atomic E-state index is 0.223. The molecular formula is C13H21N3O2. The molecule has 0 saturated carbocycles. The molecule has 1 N–H and O–H groups in total. The highest BCUT2D eigenvalue weighted by atomic mass is 16.6. The molecule has 0 unspecified atom stereocenters. The van der Waals surface area contributed by atoms with E-state index in [9.17, 15) is 4.79 Å². The number of H-pyrrole nitrogens is 1. The molecule has 2 rings (SSSR count). The molecule has 5 nitrogen and oxygen atoms in total. The summed E-state index contributed by atoms with van der Waals surface area (Å²) in [5.41, 5.74) is -0.436. The van der Waals surface area contributed by atoms with Crippen molar-refractivity contribution in [2.75, 3.05) is 13.1 Å². The van der Waals surface area contributed by atoms with Gasteiger partial charge >= 0.3 is 6.09 Å². The van der Waals surface area contributed by atoms with Gasteiger partial charge in [-0.05, 0) is 33.6 Å². The molecule has 100 valence electrons. The van der Waals surface area contributed by atoms with Gasteiger partial charge in [0.15, 0.2) is 0 Å². The molecule has 0 radical (unpaired) electrons. The number of hydrogen-bond acceptors (Lipinski definition) is 3. The van der Waals surface area contributed by atoms with Crippen molar-refractivity contribution in [2.24, 2.45) is 0 Å². The summed E-state index contributed by atoms with van der Waals surface area (Å²) < 4.78 is 5.40. The van der Waals surface area contributed by atoms with E-state index in [0.717, 1.165) is 25.2 Å². The van der Waals surface area contributed by atoms with Gasteiger partial charge in [-0.1, -0.05) is 0 Å². The van der Waals surface area contributed by atoms with Gasteiger partial charge in [0.05, 0.1) is 0 Å². The second-order valence-corrected chi connectivity index (χ2v) is 5.74. The fraction of sp³-hybridized carbons (Fsp3) is 0.692. The van der Waals surface area contributed by atoms with Gasteiger partial charge in [-0.3, -0.25) is 0 Å². The summed E-state index contributed by atoms with van der Waals surface area (Å²) in [5, 5.41) is 0. The van der Waals surface area contributed by atoms with Gasteiger partial charge in [0.1, 0.15) is 11.4 Å². The van der Waals surface area contributed by atoms with Gasteiger partial charge in [-0.15, -0.1) is 0 Å². The number of ether oxygens (including phenoxy) is 1. The maximum atomic E-state index is 12.0. The fourth-order valence-corrected chi connectivity index (χ4v) is 2.19. The summed E-state index contributed by atoms with van der Waals surface area (Å²) in [6.45, 7) is 7.12. The van der Waals surface area contributed by atoms with E-state index in [1.54, 1.807) is 11.1 Å². The Bertz CT molecular complexity index is 395. The first-order chi connectivity index (χ1) is 8.46. The van der Waals surface area contributed by atoms with Gasteiger partial charge < -0.3 is 14.6 Å². The van der Waals surface area contributed by atoms with E-state index in [0.29, 0.717) is 12.5 Å². The third-order valence-corrected chi connectivity index (χ3v) is 2.98. The van der Waals surface area contributed by atoms with Gasteiger partial charge in [-0.2, -0.15) is 0 Å². The van der Waals surface area contributed by atoms with Crippen LogP contribution in [0.25, 0.3) is 0 Å². The predicted molar refractivity (Wildman–Crippen MR) is 68.4 cm³/mol. The largest absolute Gasteiger partial charge is 0.444 e. The summed E-state index contributed by atoms with van der Waals surface area (Å²) in [6.07, 6.45) is 5.40. The van der Waals surface area contributed by atoms with Crippen molar-refractivity contribution in [2.45, 2.75) is 45.1 Å². The third kappa shape index (κ3) is 3.24. The predicted octanol–water partition coefficient (Wildman–Crippen LogP) is 2.52. The second-order valence-electron chi connectivity index (χ2n) is 5.74. The molecule has 1 amide bonds. The third-order valence-electron chi connectivity index (χ3n) is 2.98. The van der Waals surface area contributed by atoms with Crippen LogP contribution in [0, 0.1) is 0 Å². The number of rotatable bonds is 1. The zero-order valence-corrected chi connectivity index (χ0v) is 11.3. The number of nitrogens with zero attached hydrogens (tertiary/aromatic N) is 2. The number of imidazole rings is 1. The van der Waals surface area contributed by atoms with Crippen LogP contribution in [0.5, 0.6) is 0 Å². The monoisotopic (exact) mass is 251 g/mol. The van der Waals surface area contributed by atoms with Crippen LogP contribution in [0.4, 0.5) is 4.79 Å². The maximum absolute atomic E-state index is 12.0. The highest BCUT2D eigenvalue weighted by molar-refractivity contribution is 5.68. The summed E-state index contributed by atoms with van der Waals surface area (Å²) in [6, 6.07) is 0. The molecule has 1 atom stereocenters. The zero-order valence-electron chi connectivity index (χ0n) is 11.3. The van der Waals surface area contributed by atoms with Crippen LogP contribution < -0.4 is 0 Å². The maximum Gasteiger partial charge on any atom is 0.410 e. The quantitative estimate of drug-likeness (QED) is 0.834. The highest BCUT2D eigenvalue weighted by Gasteiger charge is 2.29. The number of amides is 1. The van der Waals surface area contributed by atoms with Crippen LogP contribution in [-0.2, 0) is 4.74 Å². The van der Waals surface area contributed by atoms with Crippen LogP contribution in [0.15, 0.2) is 12.4 Å². The van der Waals surface area contributed by atoms with Gasteiger partial charge in [-0.25, -0.2) is 9.78 Å². The van der Waals surface area contributed by atoms with Crippen molar-refractivity contribution >= 4 is 6.09 Å². The number of carbonyl (C=O) groups is 1. The summed E-state index contributed by atoms with van der Waals surface area (Å²) in [4.78, 5) is 21.2. The van der Waals surface area contributed by atoms with Crippen LogP contribution in [-0.4, -0.2) is 39.7 Å². The summed E-state index contributed by atoms with van der Waals surface area (Å²) in [7, 11) is 0. The first-order valence-corrected chi connectivity index (χ1v) is 6.43. The lowest BCUT2D eigenvalue weighted by atomic mass is 9.98. The zero-order chi connectivity index (χ0) is 13.2. The lowest BCUT2D eigenvalue weighted by Gasteiger charge is -2.33. The van der Waals surface area contributed by atoms with E-state index in [4.69, 9.17) is 4.74 Å². The van der Waals surface area contributed by atoms with E-state index in [1.807, 2.05) is 27.0 Å². The summed E-state index contributed by atoms with van der Waals surface area (Å²) >= 11 is 0. The van der Waals surface area contributed by atoms with E-state index >= 15 is 0 Å². The fourth-order valence-electron chi connectivity index (χ4n) is 2.19. The van der Waals surface area contributed by atoms with Crippen molar-refractivity contribution in [3.05, 3.63) is 18.2 Å². The Balaban J connectivity index is 1.96.